The maximum absolute atomic E-state index is 12.4. The predicted octanol–water partition coefficient (Wildman–Crippen LogP) is 2.75. The molecular formula is C18H21N3OS. The van der Waals surface area contributed by atoms with E-state index in [4.69, 9.17) is 0 Å². The SMILES string of the molecule is O=C(NC1CC2CCC(C1)N2)c1csc(Cc2ccccc2)n1. The van der Waals surface area contributed by atoms with Gasteiger partial charge in [0.1, 0.15) is 5.69 Å². The summed E-state index contributed by atoms with van der Waals surface area (Å²) in [5, 5.41) is 9.65. The lowest BCUT2D eigenvalue weighted by molar-refractivity contribution is 0.0919. The van der Waals surface area contributed by atoms with Crippen LogP contribution in [0.1, 0.15) is 46.7 Å². The Morgan fingerprint density at radius 3 is 2.70 bits per heavy atom. The van der Waals surface area contributed by atoms with E-state index in [1.165, 1.54) is 18.4 Å². The summed E-state index contributed by atoms with van der Waals surface area (Å²) in [7, 11) is 0. The number of carbonyl (C=O) groups excluding carboxylic acids is 1. The van der Waals surface area contributed by atoms with Crippen molar-refractivity contribution in [3.63, 3.8) is 0 Å². The van der Waals surface area contributed by atoms with Gasteiger partial charge in [0.05, 0.1) is 5.01 Å². The van der Waals surface area contributed by atoms with Gasteiger partial charge in [-0.1, -0.05) is 30.3 Å². The molecule has 120 valence electrons. The fourth-order valence-corrected chi connectivity index (χ4v) is 4.51. The van der Waals surface area contributed by atoms with E-state index in [1.807, 2.05) is 23.6 Å². The lowest BCUT2D eigenvalue weighted by atomic mass is 10.00. The summed E-state index contributed by atoms with van der Waals surface area (Å²) >= 11 is 1.56. The Bertz CT molecular complexity index is 673. The monoisotopic (exact) mass is 327 g/mol. The number of benzene rings is 1. The molecule has 2 aromatic rings. The number of nitrogens with zero attached hydrogens (tertiary/aromatic N) is 1. The number of aromatic nitrogens is 1. The van der Waals surface area contributed by atoms with Crippen LogP contribution in [0.15, 0.2) is 35.7 Å². The van der Waals surface area contributed by atoms with Crippen LogP contribution in [0.3, 0.4) is 0 Å². The Hall–Kier alpha value is -1.72. The summed E-state index contributed by atoms with van der Waals surface area (Å²) in [6, 6.07) is 11.7. The first-order valence-electron chi connectivity index (χ1n) is 8.31. The molecule has 3 heterocycles. The van der Waals surface area contributed by atoms with Gasteiger partial charge in [0.2, 0.25) is 0 Å². The number of thiazole rings is 1. The summed E-state index contributed by atoms with van der Waals surface area (Å²) in [5.41, 5.74) is 1.79. The van der Waals surface area contributed by atoms with Crippen molar-refractivity contribution < 1.29 is 4.79 Å². The van der Waals surface area contributed by atoms with Crippen LogP contribution in [0.5, 0.6) is 0 Å². The van der Waals surface area contributed by atoms with Crippen molar-refractivity contribution in [3.8, 4) is 0 Å². The third-order valence-electron chi connectivity index (χ3n) is 4.79. The van der Waals surface area contributed by atoms with E-state index in [0.717, 1.165) is 24.3 Å². The second kappa shape index (κ2) is 6.42. The van der Waals surface area contributed by atoms with Crippen molar-refractivity contribution >= 4 is 17.2 Å². The standard InChI is InChI=1S/C18H21N3OS/c22-18(20-15-9-13-6-7-14(10-15)19-13)16-11-23-17(21-16)8-12-4-2-1-3-5-12/h1-5,11,13-15,19H,6-10H2,(H,20,22). The first kappa shape index (κ1) is 14.8. The van der Waals surface area contributed by atoms with Crippen LogP contribution in [-0.4, -0.2) is 29.0 Å². The quantitative estimate of drug-likeness (QED) is 0.908. The molecule has 1 amide bonds. The number of rotatable bonds is 4. The average molecular weight is 327 g/mol. The molecule has 2 bridgehead atoms. The number of hydrogen-bond acceptors (Lipinski definition) is 4. The summed E-state index contributed by atoms with van der Waals surface area (Å²) in [5.74, 6) is -0.0214. The van der Waals surface area contributed by atoms with Gasteiger partial charge in [-0.25, -0.2) is 4.98 Å². The topological polar surface area (TPSA) is 54.0 Å². The Morgan fingerprint density at radius 1 is 1.22 bits per heavy atom. The molecule has 2 unspecified atom stereocenters. The van der Waals surface area contributed by atoms with Crippen LogP contribution in [0.25, 0.3) is 0 Å². The Kier molecular flexibility index (Phi) is 4.14. The summed E-state index contributed by atoms with van der Waals surface area (Å²) in [6.45, 7) is 0. The zero-order chi connectivity index (χ0) is 15.6. The second-order valence-electron chi connectivity index (χ2n) is 6.57. The summed E-state index contributed by atoms with van der Waals surface area (Å²) < 4.78 is 0. The highest BCUT2D eigenvalue weighted by atomic mass is 32.1. The van der Waals surface area contributed by atoms with Gasteiger partial charge in [-0.3, -0.25) is 4.79 Å². The minimum absolute atomic E-state index is 0.0214. The van der Waals surface area contributed by atoms with Crippen LogP contribution in [0, 0.1) is 0 Å². The molecule has 2 aliphatic rings. The zero-order valence-electron chi connectivity index (χ0n) is 13.0. The third-order valence-corrected chi connectivity index (χ3v) is 5.64. The fourth-order valence-electron chi connectivity index (χ4n) is 3.70. The van der Waals surface area contributed by atoms with Crippen molar-refractivity contribution in [3.05, 3.63) is 52.0 Å². The van der Waals surface area contributed by atoms with E-state index < -0.39 is 0 Å². The van der Waals surface area contributed by atoms with Crippen molar-refractivity contribution in [2.75, 3.05) is 0 Å². The van der Waals surface area contributed by atoms with Crippen LogP contribution >= 0.6 is 11.3 Å². The molecule has 23 heavy (non-hydrogen) atoms. The Balaban J connectivity index is 1.37. The molecule has 2 atom stereocenters. The molecule has 0 aliphatic carbocycles. The highest BCUT2D eigenvalue weighted by Gasteiger charge is 2.34. The highest BCUT2D eigenvalue weighted by molar-refractivity contribution is 7.09. The first-order chi connectivity index (χ1) is 11.3. The molecule has 4 nitrogen and oxygen atoms in total. The summed E-state index contributed by atoms with van der Waals surface area (Å²) in [4.78, 5) is 16.9. The Morgan fingerprint density at radius 2 is 1.96 bits per heavy atom. The fraction of sp³-hybridized carbons (Fsp3) is 0.444. The number of piperidine rings is 1. The first-order valence-corrected chi connectivity index (χ1v) is 9.19. The van der Waals surface area contributed by atoms with Crippen LogP contribution in [-0.2, 0) is 6.42 Å². The minimum atomic E-state index is -0.0214. The number of hydrogen-bond donors (Lipinski definition) is 2. The van der Waals surface area contributed by atoms with Gasteiger partial charge in [-0.2, -0.15) is 0 Å². The normalized spacial score (nSPS) is 26.2. The molecule has 1 aromatic carbocycles. The Labute approximate surface area is 140 Å². The molecule has 2 aliphatic heterocycles. The van der Waals surface area contributed by atoms with Crippen LogP contribution in [0.2, 0.25) is 0 Å². The molecule has 5 heteroatoms. The van der Waals surface area contributed by atoms with Gasteiger partial charge in [0.15, 0.2) is 0 Å². The van der Waals surface area contributed by atoms with E-state index in [9.17, 15) is 4.79 Å². The van der Waals surface area contributed by atoms with E-state index in [0.29, 0.717) is 23.8 Å². The lowest BCUT2D eigenvalue weighted by Gasteiger charge is -2.29. The van der Waals surface area contributed by atoms with E-state index in [1.54, 1.807) is 11.3 Å². The van der Waals surface area contributed by atoms with Gasteiger partial charge < -0.3 is 10.6 Å². The van der Waals surface area contributed by atoms with Gasteiger partial charge in [0, 0.05) is 29.9 Å². The smallest absolute Gasteiger partial charge is 0.270 e. The molecule has 2 saturated heterocycles. The number of amides is 1. The number of carbonyl (C=O) groups is 1. The largest absolute Gasteiger partial charge is 0.348 e. The van der Waals surface area contributed by atoms with Crippen LogP contribution < -0.4 is 10.6 Å². The molecule has 0 saturated carbocycles. The van der Waals surface area contributed by atoms with E-state index >= 15 is 0 Å². The van der Waals surface area contributed by atoms with Crippen molar-refractivity contribution in [2.45, 2.75) is 50.2 Å². The van der Waals surface area contributed by atoms with Crippen molar-refractivity contribution in [2.24, 2.45) is 0 Å². The average Bonchev–Trinajstić information content (AvgIpc) is 3.15. The number of nitrogens with one attached hydrogen (secondary N) is 2. The maximum atomic E-state index is 12.4. The zero-order valence-corrected chi connectivity index (χ0v) is 13.8. The van der Waals surface area contributed by atoms with Crippen molar-refractivity contribution in [1.29, 1.82) is 0 Å². The molecule has 2 N–H and O–H groups in total. The third kappa shape index (κ3) is 3.46. The number of fused-ring (bicyclic) bond motifs is 2. The van der Waals surface area contributed by atoms with Crippen molar-refractivity contribution in [1.82, 2.24) is 15.6 Å². The lowest BCUT2D eigenvalue weighted by Crippen LogP contribution is -2.48. The molecule has 0 radical (unpaired) electrons. The van der Waals surface area contributed by atoms with Gasteiger partial charge >= 0.3 is 0 Å². The van der Waals surface area contributed by atoms with Gasteiger partial charge in [-0.05, 0) is 31.2 Å². The van der Waals surface area contributed by atoms with Crippen LogP contribution in [0.4, 0.5) is 0 Å². The second-order valence-corrected chi connectivity index (χ2v) is 7.51. The van der Waals surface area contributed by atoms with Gasteiger partial charge in [0.25, 0.3) is 5.91 Å². The minimum Gasteiger partial charge on any atom is -0.348 e. The van der Waals surface area contributed by atoms with E-state index in [2.05, 4.69) is 27.8 Å². The van der Waals surface area contributed by atoms with Gasteiger partial charge in [-0.15, -0.1) is 11.3 Å². The molecule has 2 fully saturated rings. The highest BCUT2D eigenvalue weighted by Crippen LogP contribution is 2.27. The molecular weight excluding hydrogens is 306 g/mol. The molecule has 0 spiro atoms. The summed E-state index contributed by atoms with van der Waals surface area (Å²) in [6.07, 6.45) is 5.37. The van der Waals surface area contributed by atoms with E-state index in [-0.39, 0.29) is 5.91 Å². The predicted molar refractivity (Wildman–Crippen MR) is 91.8 cm³/mol. The molecule has 1 aromatic heterocycles. The maximum Gasteiger partial charge on any atom is 0.270 e. The molecule has 4 rings (SSSR count).